The third-order valence-electron chi connectivity index (χ3n) is 4.31. The first kappa shape index (κ1) is 16.0. The summed E-state index contributed by atoms with van der Waals surface area (Å²) in [6.07, 6.45) is 2.11. The molecule has 0 saturated carbocycles. The Balaban J connectivity index is 2.30. The number of nitrogens with one attached hydrogen (secondary N) is 1. The van der Waals surface area contributed by atoms with Crippen molar-refractivity contribution in [3.8, 4) is 0 Å². The summed E-state index contributed by atoms with van der Waals surface area (Å²) in [5.74, 6) is 0. The highest BCUT2D eigenvalue weighted by Crippen LogP contribution is 2.24. The van der Waals surface area contributed by atoms with E-state index >= 15 is 0 Å². The molecule has 2 rings (SSSR count). The monoisotopic (exact) mass is 285 g/mol. The molecule has 1 atom stereocenters. The number of methoxy groups -OCH3 is 1. The van der Waals surface area contributed by atoms with Crippen molar-refractivity contribution >= 4 is 10.8 Å². The first-order valence-electron chi connectivity index (χ1n) is 7.83. The summed E-state index contributed by atoms with van der Waals surface area (Å²) >= 11 is 0. The molecule has 0 saturated heterocycles. The Morgan fingerprint density at radius 3 is 2.52 bits per heavy atom. The van der Waals surface area contributed by atoms with Crippen molar-refractivity contribution in [2.24, 2.45) is 0 Å². The molecule has 0 heterocycles. The summed E-state index contributed by atoms with van der Waals surface area (Å²) < 4.78 is 5.72. The van der Waals surface area contributed by atoms with Gasteiger partial charge < -0.3 is 10.1 Å². The van der Waals surface area contributed by atoms with Gasteiger partial charge in [-0.3, -0.25) is 0 Å². The summed E-state index contributed by atoms with van der Waals surface area (Å²) in [7, 11) is 1.80. The molecule has 114 valence electrons. The standard InChI is InChI=1S/C19H27NO/c1-5-13-20-18(19(2,3)21-4)14-16-11-8-10-15-9-6-7-12-17(15)16/h6-12,18,20H,5,13-14H2,1-4H3. The molecule has 2 aromatic rings. The minimum absolute atomic E-state index is 0.188. The van der Waals surface area contributed by atoms with Crippen molar-refractivity contribution in [1.82, 2.24) is 5.32 Å². The zero-order chi connectivity index (χ0) is 15.3. The fourth-order valence-corrected chi connectivity index (χ4v) is 2.71. The molecular formula is C19H27NO. The lowest BCUT2D eigenvalue weighted by atomic mass is 9.90. The van der Waals surface area contributed by atoms with Gasteiger partial charge in [-0.15, -0.1) is 0 Å². The van der Waals surface area contributed by atoms with Crippen molar-refractivity contribution in [2.45, 2.75) is 45.3 Å². The predicted octanol–water partition coefficient (Wildman–Crippen LogP) is 4.18. The van der Waals surface area contributed by atoms with Crippen LogP contribution < -0.4 is 5.32 Å². The van der Waals surface area contributed by atoms with E-state index in [1.165, 1.54) is 16.3 Å². The minimum Gasteiger partial charge on any atom is -0.377 e. The fraction of sp³-hybridized carbons (Fsp3) is 0.474. The maximum absolute atomic E-state index is 5.72. The van der Waals surface area contributed by atoms with Crippen LogP contribution in [0.2, 0.25) is 0 Å². The second-order valence-electron chi connectivity index (χ2n) is 6.16. The zero-order valence-corrected chi connectivity index (χ0v) is 13.6. The molecule has 0 bridgehead atoms. The van der Waals surface area contributed by atoms with E-state index in [-0.39, 0.29) is 5.60 Å². The Hall–Kier alpha value is -1.38. The molecule has 21 heavy (non-hydrogen) atoms. The molecule has 0 amide bonds. The van der Waals surface area contributed by atoms with Crippen LogP contribution in [0.1, 0.15) is 32.8 Å². The van der Waals surface area contributed by atoms with Crippen molar-refractivity contribution in [3.63, 3.8) is 0 Å². The van der Waals surface area contributed by atoms with E-state index in [9.17, 15) is 0 Å². The van der Waals surface area contributed by atoms with Gasteiger partial charge in [-0.25, -0.2) is 0 Å². The second kappa shape index (κ2) is 7.06. The lowest BCUT2D eigenvalue weighted by Gasteiger charge is -2.34. The third kappa shape index (κ3) is 3.84. The molecule has 0 fully saturated rings. The van der Waals surface area contributed by atoms with Gasteiger partial charge >= 0.3 is 0 Å². The fourth-order valence-electron chi connectivity index (χ4n) is 2.71. The van der Waals surface area contributed by atoms with Crippen LogP contribution in [0.3, 0.4) is 0 Å². The Labute approximate surface area is 128 Å². The highest BCUT2D eigenvalue weighted by atomic mass is 16.5. The molecule has 1 N–H and O–H groups in total. The Bertz CT molecular complexity index is 571. The highest BCUT2D eigenvalue weighted by Gasteiger charge is 2.29. The number of fused-ring (bicyclic) bond motifs is 1. The van der Waals surface area contributed by atoms with E-state index in [4.69, 9.17) is 4.74 Å². The molecule has 1 unspecified atom stereocenters. The summed E-state index contributed by atoms with van der Waals surface area (Å²) in [6, 6.07) is 15.4. The predicted molar refractivity (Wildman–Crippen MR) is 90.8 cm³/mol. The number of benzene rings is 2. The molecule has 0 spiro atoms. The molecule has 0 radical (unpaired) electrons. The first-order valence-corrected chi connectivity index (χ1v) is 7.83. The lowest BCUT2D eigenvalue weighted by Crippen LogP contribution is -2.49. The average molecular weight is 285 g/mol. The number of rotatable bonds is 7. The largest absolute Gasteiger partial charge is 0.377 e. The third-order valence-corrected chi connectivity index (χ3v) is 4.31. The van der Waals surface area contributed by atoms with Crippen LogP contribution in [0.15, 0.2) is 42.5 Å². The van der Waals surface area contributed by atoms with E-state index in [1.54, 1.807) is 7.11 Å². The van der Waals surface area contributed by atoms with Gasteiger partial charge in [-0.1, -0.05) is 49.4 Å². The van der Waals surface area contributed by atoms with Crippen LogP contribution in [-0.2, 0) is 11.2 Å². The smallest absolute Gasteiger partial charge is 0.0778 e. The highest BCUT2D eigenvalue weighted by molar-refractivity contribution is 5.85. The Morgan fingerprint density at radius 2 is 1.81 bits per heavy atom. The van der Waals surface area contributed by atoms with Gasteiger partial charge in [0.05, 0.1) is 5.60 Å². The molecule has 0 aliphatic heterocycles. The van der Waals surface area contributed by atoms with Gasteiger partial charge in [0.1, 0.15) is 0 Å². The maximum Gasteiger partial charge on any atom is 0.0778 e. The van der Waals surface area contributed by atoms with Crippen LogP contribution in [0.4, 0.5) is 0 Å². The van der Waals surface area contributed by atoms with Crippen LogP contribution in [-0.4, -0.2) is 25.3 Å². The van der Waals surface area contributed by atoms with Gasteiger partial charge in [0.2, 0.25) is 0 Å². The van der Waals surface area contributed by atoms with Gasteiger partial charge in [-0.05, 0) is 49.6 Å². The quantitative estimate of drug-likeness (QED) is 0.824. The van der Waals surface area contributed by atoms with Gasteiger partial charge in [-0.2, -0.15) is 0 Å². The molecule has 2 heteroatoms. The molecule has 0 aliphatic carbocycles. The van der Waals surface area contributed by atoms with E-state index in [2.05, 4.69) is 68.6 Å². The number of hydrogen-bond donors (Lipinski definition) is 1. The molecule has 0 aromatic heterocycles. The van der Waals surface area contributed by atoms with Crippen LogP contribution in [0.5, 0.6) is 0 Å². The Kier molecular flexibility index (Phi) is 5.38. The normalized spacial score (nSPS) is 13.5. The van der Waals surface area contributed by atoms with E-state index in [0.29, 0.717) is 6.04 Å². The van der Waals surface area contributed by atoms with Crippen molar-refractivity contribution in [1.29, 1.82) is 0 Å². The van der Waals surface area contributed by atoms with Gasteiger partial charge in [0.25, 0.3) is 0 Å². The van der Waals surface area contributed by atoms with E-state index in [1.807, 2.05) is 0 Å². The lowest BCUT2D eigenvalue weighted by molar-refractivity contribution is -0.00989. The number of hydrogen-bond acceptors (Lipinski definition) is 2. The van der Waals surface area contributed by atoms with E-state index < -0.39 is 0 Å². The van der Waals surface area contributed by atoms with Crippen molar-refractivity contribution in [3.05, 3.63) is 48.0 Å². The van der Waals surface area contributed by atoms with Gasteiger partial charge in [0, 0.05) is 13.2 Å². The summed E-state index contributed by atoms with van der Waals surface area (Å²) in [5, 5.41) is 6.30. The van der Waals surface area contributed by atoms with Gasteiger partial charge in [0.15, 0.2) is 0 Å². The maximum atomic E-state index is 5.72. The second-order valence-corrected chi connectivity index (χ2v) is 6.16. The molecule has 2 nitrogen and oxygen atoms in total. The zero-order valence-electron chi connectivity index (χ0n) is 13.6. The first-order chi connectivity index (χ1) is 10.1. The SMILES string of the molecule is CCCNC(Cc1cccc2ccccc12)C(C)(C)OC. The summed E-state index contributed by atoms with van der Waals surface area (Å²) in [5.41, 5.74) is 1.19. The summed E-state index contributed by atoms with van der Waals surface area (Å²) in [6.45, 7) is 7.53. The minimum atomic E-state index is -0.188. The topological polar surface area (TPSA) is 21.3 Å². The van der Waals surface area contributed by atoms with Crippen LogP contribution in [0.25, 0.3) is 10.8 Å². The number of ether oxygens (including phenoxy) is 1. The Morgan fingerprint density at radius 1 is 1.10 bits per heavy atom. The average Bonchev–Trinajstić information content (AvgIpc) is 2.51. The van der Waals surface area contributed by atoms with Crippen LogP contribution >= 0.6 is 0 Å². The molecular weight excluding hydrogens is 258 g/mol. The van der Waals surface area contributed by atoms with E-state index in [0.717, 1.165) is 19.4 Å². The van der Waals surface area contributed by atoms with Crippen LogP contribution in [0, 0.1) is 0 Å². The molecule has 2 aromatic carbocycles. The van der Waals surface area contributed by atoms with Crippen molar-refractivity contribution in [2.75, 3.05) is 13.7 Å². The van der Waals surface area contributed by atoms with Crippen molar-refractivity contribution < 1.29 is 4.74 Å². The summed E-state index contributed by atoms with van der Waals surface area (Å²) in [4.78, 5) is 0. The molecule has 0 aliphatic rings.